The first kappa shape index (κ1) is 35.8. The average Bonchev–Trinajstić information content (AvgIpc) is 2.84. The Morgan fingerprint density at radius 3 is 0.925 bits per heavy atom. The van der Waals surface area contributed by atoms with Gasteiger partial charge in [0.1, 0.15) is 0 Å². The van der Waals surface area contributed by atoms with E-state index in [1.807, 2.05) is 24.3 Å². The molecule has 0 atom stereocenters. The number of hydrogen-bond acceptors (Lipinski definition) is 8. The predicted molar refractivity (Wildman–Crippen MR) is 122 cm³/mol. The van der Waals surface area contributed by atoms with Crippen LogP contribution in [0.15, 0.2) is 48.5 Å². The maximum absolute atomic E-state index is 12.4. The normalized spacial score (nSPS) is 11.0. The first-order chi connectivity index (χ1) is 17.2. The molecule has 0 unspecified atom stereocenters. The van der Waals surface area contributed by atoms with E-state index in [0.717, 1.165) is 5.39 Å². The maximum Gasteiger partial charge on any atom is 1.00 e. The maximum atomic E-state index is 12.4. The van der Waals surface area contributed by atoms with Gasteiger partial charge in [-0.2, -0.15) is 0 Å². The molecule has 0 saturated heterocycles. The van der Waals surface area contributed by atoms with Crippen LogP contribution in [-0.4, -0.2) is 23.9 Å². The quantitative estimate of drug-likeness (QED) is 0.106. The van der Waals surface area contributed by atoms with Crippen molar-refractivity contribution >= 4 is 88.5 Å². The molecule has 0 heterocycles. The number of carbonyl (C=O) groups is 4. The van der Waals surface area contributed by atoms with Gasteiger partial charge in [-0.25, -0.2) is 0 Å². The van der Waals surface area contributed by atoms with Crippen LogP contribution in [0.5, 0.6) is 0 Å². The molecule has 0 spiro atoms. The fourth-order valence-electron chi connectivity index (χ4n) is 6.09. The van der Waals surface area contributed by atoms with Crippen LogP contribution in [0.4, 0.5) is 0 Å². The molecule has 0 fully saturated rings. The van der Waals surface area contributed by atoms with Crippen molar-refractivity contribution in [3.63, 3.8) is 0 Å². The molecule has 8 nitrogen and oxygen atoms in total. The second-order valence-corrected chi connectivity index (χ2v) is 8.80. The van der Waals surface area contributed by atoms with E-state index in [-0.39, 0.29) is 222 Å². The minimum absolute atomic E-state index is 0. The summed E-state index contributed by atoms with van der Waals surface area (Å²) < 4.78 is 0. The Bertz CT molecular complexity index is 2030. The van der Waals surface area contributed by atoms with Gasteiger partial charge in [-0.15, -0.1) is 0 Å². The van der Waals surface area contributed by atoms with Crippen LogP contribution in [0.25, 0.3) is 64.6 Å². The molecule has 0 amide bonds. The molecule has 0 aliphatic carbocycles. The smallest absolute Gasteiger partial charge is 0.545 e. The Balaban J connectivity index is 0.00000110. The SMILES string of the molecule is O=C([O-])c1c(C(=O)[O-])c2c(C(=O)[O-])c(C(=O)[O-])c3ccc4ccc5ccc6ccc1c1c6c5c4c3c21.[K+].[K+].[K+].[K+]. The number of carbonyl (C=O) groups excluding carboxylic acids is 4. The van der Waals surface area contributed by atoms with Crippen molar-refractivity contribution < 1.29 is 245 Å². The molecule has 12 heteroatoms. The number of hydrogen-bond donors (Lipinski definition) is 0. The fourth-order valence-corrected chi connectivity index (χ4v) is 6.09. The molecule has 0 bridgehead atoms. The summed E-state index contributed by atoms with van der Waals surface area (Å²) in [5, 5.41) is 53.7. The molecule has 172 valence electrons. The molecule has 0 aliphatic rings. The van der Waals surface area contributed by atoms with Gasteiger partial charge in [-0.1, -0.05) is 48.5 Å². The van der Waals surface area contributed by atoms with Gasteiger partial charge in [-0.3, -0.25) is 0 Å². The minimum atomic E-state index is -1.99. The van der Waals surface area contributed by atoms with Gasteiger partial charge in [0.2, 0.25) is 0 Å². The summed E-state index contributed by atoms with van der Waals surface area (Å²) in [7, 11) is 0. The zero-order valence-corrected chi connectivity index (χ0v) is 34.4. The van der Waals surface area contributed by atoms with Crippen molar-refractivity contribution in [1.82, 2.24) is 0 Å². The summed E-state index contributed by atoms with van der Waals surface area (Å²) in [4.78, 5) is 49.4. The molecule has 0 saturated carbocycles. The summed E-state index contributed by atoms with van der Waals surface area (Å²) >= 11 is 0. The summed E-state index contributed by atoms with van der Waals surface area (Å²) in [6.45, 7) is 0. The van der Waals surface area contributed by atoms with E-state index in [9.17, 15) is 39.6 Å². The van der Waals surface area contributed by atoms with Crippen LogP contribution < -0.4 is 226 Å². The molecule has 7 aromatic rings. The van der Waals surface area contributed by atoms with Crippen molar-refractivity contribution in [2.45, 2.75) is 0 Å². The molecular weight excluding hydrogens is 621 g/mol. The Morgan fingerprint density at radius 1 is 0.350 bits per heavy atom. The largest absolute Gasteiger partial charge is 1.00 e. The van der Waals surface area contributed by atoms with Crippen molar-refractivity contribution in [3.05, 3.63) is 70.8 Å². The van der Waals surface area contributed by atoms with E-state index in [4.69, 9.17) is 0 Å². The minimum Gasteiger partial charge on any atom is -0.545 e. The Hall–Kier alpha value is 1.31. The van der Waals surface area contributed by atoms with Crippen LogP contribution in [0.3, 0.4) is 0 Å². The number of benzene rings is 7. The van der Waals surface area contributed by atoms with Crippen molar-refractivity contribution in [1.29, 1.82) is 0 Å². The number of carboxylic acid groups (broad SMARTS) is 4. The van der Waals surface area contributed by atoms with Crippen molar-refractivity contribution in [2.75, 3.05) is 0 Å². The summed E-state index contributed by atoms with van der Waals surface area (Å²) in [5.74, 6) is -7.74. The van der Waals surface area contributed by atoms with Crippen LogP contribution in [0, 0.1) is 0 Å². The molecular formula is C28H8K4O8. The van der Waals surface area contributed by atoms with Crippen LogP contribution >= 0.6 is 0 Å². The first-order valence-corrected chi connectivity index (χ1v) is 10.8. The first-order valence-electron chi connectivity index (χ1n) is 10.8. The van der Waals surface area contributed by atoms with Gasteiger partial charge in [0.15, 0.2) is 0 Å². The van der Waals surface area contributed by atoms with Crippen LogP contribution in [0.2, 0.25) is 0 Å². The predicted octanol–water partition coefficient (Wildman–Crippen LogP) is -11.6. The van der Waals surface area contributed by atoms with Crippen molar-refractivity contribution in [2.24, 2.45) is 0 Å². The summed E-state index contributed by atoms with van der Waals surface area (Å²) in [6, 6.07) is 13.5. The Morgan fingerprint density at radius 2 is 0.625 bits per heavy atom. The third-order valence-electron chi connectivity index (χ3n) is 7.25. The molecule has 0 aromatic heterocycles. The topological polar surface area (TPSA) is 161 Å². The molecule has 0 radical (unpaired) electrons. The second-order valence-electron chi connectivity index (χ2n) is 8.80. The van der Waals surface area contributed by atoms with E-state index in [1.165, 1.54) is 12.1 Å². The van der Waals surface area contributed by atoms with Gasteiger partial charge >= 0.3 is 206 Å². The van der Waals surface area contributed by atoms with Gasteiger partial charge in [-0.05, 0) is 53.9 Å². The Kier molecular flexibility index (Phi) is 11.6. The molecule has 7 rings (SSSR count). The monoisotopic (exact) mass is 628 g/mol. The van der Waals surface area contributed by atoms with E-state index < -0.39 is 51.5 Å². The van der Waals surface area contributed by atoms with Gasteiger partial charge in [0.05, 0.1) is 23.9 Å². The molecule has 0 N–H and O–H groups in total. The van der Waals surface area contributed by atoms with Gasteiger partial charge < -0.3 is 39.6 Å². The molecule has 7 aromatic carbocycles. The second kappa shape index (κ2) is 13.0. The standard InChI is InChI=1S/C28H12O8.4K/c29-25(30)19-12-7-5-10-3-1-9-2-4-11-6-8-13-18-16(11)14(9)15(10)17(12)21(18)22(23(19)27(33)34)24(28(35)36)20(13)26(31)32;;;;/h1-8H,(H,29,30)(H,31,32)(H,33,34)(H,35,36);;;;/q;4*+1/p-4. The number of aromatic carboxylic acids is 4. The number of rotatable bonds is 4. The summed E-state index contributed by atoms with van der Waals surface area (Å²) in [6.07, 6.45) is 0. The van der Waals surface area contributed by atoms with E-state index >= 15 is 0 Å². The molecule has 0 aliphatic heterocycles. The average molecular weight is 629 g/mol. The fraction of sp³-hybridized carbons (Fsp3) is 0. The number of carboxylic acids is 4. The van der Waals surface area contributed by atoms with E-state index in [2.05, 4.69) is 0 Å². The molecule has 40 heavy (non-hydrogen) atoms. The Labute approximate surface area is 394 Å². The third kappa shape index (κ3) is 4.83. The van der Waals surface area contributed by atoms with E-state index in [0.29, 0.717) is 37.7 Å². The van der Waals surface area contributed by atoms with E-state index in [1.54, 1.807) is 12.1 Å². The zero-order chi connectivity index (χ0) is 25.2. The van der Waals surface area contributed by atoms with Crippen LogP contribution in [-0.2, 0) is 0 Å². The summed E-state index contributed by atoms with van der Waals surface area (Å²) in [5.41, 5.74) is -3.56. The van der Waals surface area contributed by atoms with Gasteiger partial charge in [0, 0.05) is 33.0 Å². The third-order valence-corrected chi connectivity index (χ3v) is 7.25. The van der Waals surface area contributed by atoms with Crippen molar-refractivity contribution in [3.8, 4) is 0 Å². The van der Waals surface area contributed by atoms with Gasteiger partial charge in [0.25, 0.3) is 0 Å². The van der Waals surface area contributed by atoms with Crippen LogP contribution in [0.1, 0.15) is 41.4 Å². The zero-order valence-electron chi connectivity index (χ0n) is 21.9.